The average molecular weight is 327 g/mol. The summed E-state index contributed by atoms with van der Waals surface area (Å²) in [7, 11) is 0. The number of aromatic nitrogens is 2. The van der Waals surface area contributed by atoms with Crippen molar-refractivity contribution in [3.63, 3.8) is 0 Å². The van der Waals surface area contributed by atoms with Crippen molar-refractivity contribution < 1.29 is 9.18 Å². The maximum atomic E-state index is 13.2. The number of amides is 1. The summed E-state index contributed by atoms with van der Waals surface area (Å²) in [5, 5.41) is 5.73. The Kier molecular flexibility index (Phi) is 4.16. The highest BCUT2D eigenvalue weighted by Crippen LogP contribution is 2.24. The summed E-state index contributed by atoms with van der Waals surface area (Å²) in [6.45, 7) is 3.47. The lowest BCUT2D eigenvalue weighted by Gasteiger charge is -2.07. The molecule has 0 bridgehead atoms. The zero-order valence-corrected chi connectivity index (χ0v) is 13.4. The summed E-state index contributed by atoms with van der Waals surface area (Å²) >= 11 is 1.57. The van der Waals surface area contributed by atoms with Crippen LogP contribution in [0.3, 0.4) is 0 Å². The third-order valence-electron chi connectivity index (χ3n) is 3.29. The Morgan fingerprint density at radius 2 is 2.00 bits per heavy atom. The van der Waals surface area contributed by atoms with Crippen LogP contribution in [0.2, 0.25) is 0 Å². The minimum atomic E-state index is -0.428. The van der Waals surface area contributed by atoms with Gasteiger partial charge in [-0.2, -0.15) is 0 Å². The Morgan fingerprint density at radius 1 is 1.17 bits per heavy atom. The molecule has 0 radical (unpaired) electrons. The number of nitrogens with one attached hydrogen (secondary N) is 1. The SMILES string of the molecule is Cc1nc(-c2cccc(NC(=O)c3ccc(F)c(C)n3)c2)cs1. The van der Waals surface area contributed by atoms with Crippen molar-refractivity contribution in [2.75, 3.05) is 5.32 Å². The lowest BCUT2D eigenvalue weighted by Crippen LogP contribution is -2.14. The van der Waals surface area contributed by atoms with E-state index in [2.05, 4.69) is 15.3 Å². The summed E-state index contributed by atoms with van der Waals surface area (Å²) in [5.41, 5.74) is 2.82. The maximum Gasteiger partial charge on any atom is 0.274 e. The molecule has 0 saturated heterocycles. The first kappa shape index (κ1) is 15.3. The molecule has 23 heavy (non-hydrogen) atoms. The van der Waals surface area contributed by atoms with Crippen LogP contribution in [0.15, 0.2) is 41.8 Å². The lowest BCUT2D eigenvalue weighted by atomic mass is 10.1. The van der Waals surface area contributed by atoms with Gasteiger partial charge in [0.15, 0.2) is 0 Å². The van der Waals surface area contributed by atoms with Gasteiger partial charge in [0.2, 0.25) is 0 Å². The van der Waals surface area contributed by atoms with E-state index in [0.717, 1.165) is 16.3 Å². The molecule has 116 valence electrons. The first-order chi connectivity index (χ1) is 11.0. The van der Waals surface area contributed by atoms with Crippen molar-refractivity contribution in [3.8, 4) is 11.3 Å². The van der Waals surface area contributed by atoms with Crippen LogP contribution in [0.5, 0.6) is 0 Å². The number of rotatable bonds is 3. The molecule has 3 rings (SSSR count). The number of nitrogens with zero attached hydrogens (tertiary/aromatic N) is 2. The van der Waals surface area contributed by atoms with Crippen molar-refractivity contribution >= 4 is 22.9 Å². The number of aryl methyl sites for hydroxylation is 2. The van der Waals surface area contributed by atoms with E-state index >= 15 is 0 Å². The van der Waals surface area contributed by atoms with Crippen LogP contribution in [0.25, 0.3) is 11.3 Å². The molecule has 1 amide bonds. The smallest absolute Gasteiger partial charge is 0.274 e. The van der Waals surface area contributed by atoms with Gasteiger partial charge in [0.05, 0.1) is 16.4 Å². The van der Waals surface area contributed by atoms with Crippen LogP contribution in [0.1, 0.15) is 21.2 Å². The molecule has 4 nitrogen and oxygen atoms in total. The third kappa shape index (κ3) is 3.43. The fraction of sp³-hybridized carbons (Fsp3) is 0.118. The molecular formula is C17H14FN3OS. The maximum absolute atomic E-state index is 13.2. The summed E-state index contributed by atoms with van der Waals surface area (Å²) in [4.78, 5) is 20.6. The zero-order chi connectivity index (χ0) is 16.4. The van der Waals surface area contributed by atoms with Gasteiger partial charge in [-0.25, -0.2) is 14.4 Å². The normalized spacial score (nSPS) is 10.6. The Bertz CT molecular complexity index is 876. The van der Waals surface area contributed by atoms with E-state index in [-0.39, 0.29) is 17.3 Å². The highest BCUT2D eigenvalue weighted by Gasteiger charge is 2.11. The Balaban J connectivity index is 1.82. The zero-order valence-electron chi connectivity index (χ0n) is 12.6. The fourth-order valence-electron chi connectivity index (χ4n) is 2.12. The number of hydrogen-bond acceptors (Lipinski definition) is 4. The predicted octanol–water partition coefficient (Wildman–Crippen LogP) is 4.21. The first-order valence-electron chi connectivity index (χ1n) is 7.00. The molecule has 2 aromatic heterocycles. The van der Waals surface area contributed by atoms with E-state index in [4.69, 9.17) is 0 Å². The van der Waals surface area contributed by atoms with Crippen LogP contribution >= 0.6 is 11.3 Å². The molecule has 6 heteroatoms. The van der Waals surface area contributed by atoms with E-state index in [1.807, 2.05) is 30.5 Å². The number of halogens is 1. The van der Waals surface area contributed by atoms with Gasteiger partial charge in [0.1, 0.15) is 11.5 Å². The van der Waals surface area contributed by atoms with Crippen LogP contribution in [0, 0.1) is 19.7 Å². The number of hydrogen-bond donors (Lipinski definition) is 1. The van der Waals surface area contributed by atoms with Gasteiger partial charge in [-0.1, -0.05) is 12.1 Å². The highest BCUT2D eigenvalue weighted by atomic mass is 32.1. The second-order valence-electron chi connectivity index (χ2n) is 5.05. The monoisotopic (exact) mass is 327 g/mol. The van der Waals surface area contributed by atoms with Gasteiger partial charge in [0.25, 0.3) is 5.91 Å². The minimum absolute atomic E-state index is 0.179. The summed E-state index contributed by atoms with van der Waals surface area (Å²) < 4.78 is 13.2. The second-order valence-corrected chi connectivity index (χ2v) is 6.11. The minimum Gasteiger partial charge on any atom is -0.321 e. The van der Waals surface area contributed by atoms with Crippen LogP contribution < -0.4 is 5.32 Å². The molecule has 2 heterocycles. The molecule has 3 aromatic rings. The third-order valence-corrected chi connectivity index (χ3v) is 4.06. The largest absolute Gasteiger partial charge is 0.321 e. The van der Waals surface area contributed by atoms with Crippen molar-refractivity contribution in [2.45, 2.75) is 13.8 Å². The number of carbonyl (C=O) groups excluding carboxylic acids is 1. The van der Waals surface area contributed by atoms with E-state index in [1.165, 1.54) is 19.1 Å². The van der Waals surface area contributed by atoms with E-state index in [0.29, 0.717) is 5.69 Å². The molecule has 0 aliphatic rings. The van der Waals surface area contributed by atoms with Gasteiger partial charge in [0, 0.05) is 16.6 Å². The van der Waals surface area contributed by atoms with E-state index in [9.17, 15) is 9.18 Å². The molecule has 0 atom stereocenters. The van der Waals surface area contributed by atoms with Crippen molar-refractivity contribution in [1.82, 2.24) is 9.97 Å². The lowest BCUT2D eigenvalue weighted by molar-refractivity contribution is 0.102. The highest BCUT2D eigenvalue weighted by molar-refractivity contribution is 7.09. The fourth-order valence-corrected chi connectivity index (χ4v) is 2.74. The molecule has 1 N–H and O–H groups in total. The average Bonchev–Trinajstić information content (AvgIpc) is 2.97. The Hall–Kier alpha value is -2.60. The van der Waals surface area contributed by atoms with E-state index in [1.54, 1.807) is 17.4 Å². The quantitative estimate of drug-likeness (QED) is 0.784. The Labute approximate surface area is 137 Å². The molecule has 1 aromatic carbocycles. The topological polar surface area (TPSA) is 54.9 Å². The van der Waals surface area contributed by atoms with Crippen molar-refractivity contribution in [2.24, 2.45) is 0 Å². The Morgan fingerprint density at radius 3 is 2.70 bits per heavy atom. The standard InChI is InChI=1S/C17H14FN3OS/c1-10-14(18)6-7-15(19-10)17(22)21-13-5-3-4-12(8-13)16-9-23-11(2)20-16/h3-9H,1-2H3,(H,21,22). The van der Waals surface area contributed by atoms with Crippen molar-refractivity contribution in [1.29, 1.82) is 0 Å². The number of thiazole rings is 1. The van der Waals surface area contributed by atoms with Crippen LogP contribution in [-0.4, -0.2) is 15.9 Å². The van der Waals surface area contributed by atoms with Crippen LogP contribution in [0.4, 0.5) is 10.1 Å². The van der Waals surface area contributed by atoms with Gasteiger partial charge >= 0.3 is 0 Å². The molecule has 0 aliphatic heterocycles. The summed E-state index contributed by atoms with van der Waals surface area (Å²) in [6.07, 6.45) is 0. The molecule has 0 spiro atoms. The summed E-state index contributed by atoms with van der Waals surface area (Å²) in [6, 6.07) is 10.0. The van der Waals surface area contributed by atoms with E-state index < -0.39 is 5.82 Å². The van der Waals surface area contributed by atoms with Gasteiger partial charge < -0.3 is 5.32 Å². The molecule has 0 saturated carbocycles. The predicted molar refractivity (Wildman–Crippen MR) is 89.2 cm³/mol. The summed E-state index contributed by atoms with van der Waals surface area (Å²) in [5.74, 6) is -0.804. The van der Waals surface area contributed by atoms with Crippen molar-refractivity contribution in [3.05, 3.63) is 64.0 Å². The molecular weight excluding hydrogens is 313 g/mol. The molecule has 0 fully saturated rings. The number of benzene rings is 1. The number of carbonyl (C=O) groups is 1. The van der Waals surface area contributed by atoms with Gasteiger partial charge in [-0.05, 0) is 38.1 Å². The molecule has 0 aliphatic carbocycles. The molecule has 0 unspecified atom stereocenters. The second kappa shape index (κ2) is 6.26. The van der Waals surface area contributed by atoms with Crippen LogP contribution in [-0.2, 0) is 0 Å². The number of anilines is 1. The van der Waals surface area contributed by atoms with Gasteiger partial charge in [-0.3, -0.25) is 4.79 Å². The van der Waals surface area contributed by atoms with Gasteiger partial charge in [-0.15, -0.1) is 11.3 Å². The number of pyridine rings is 1. The first-order valence-corrected chi connectivity index (χ1v) is 7.88.